The second-order valence-electron chi connectivity index (χ2n) is 11.0. The third-order valence-corrected chi connectivity index (χ3v) is 7.83. The van der Waals surface area contributed by atoms with Crippen LogP contribution in [0.4, 0.5) is 13.2 Å². The predicted molar refractivity (Wildman–Crippen MR) is 182 cm³/mol. The molecule has 7 N–H and O–H groups in total. The van der Waals surface area contributed by atoms with E-state index in [0.29, 0.717) is 50.4 Å². The second-order valence-corrected chi connectivity index (χ2v) is 11.9. The van der Waals surface area contributed by atoms with Crippen LogP contribution in [0.5, 0.6) is 11.5 Å². The Bertz CT molecular complexity index is 2030. The number of nitrogens with zero attached hydrogens (tertiary/aromatic N) is 3. The lowest BCUT2D eigenvalue weighted by Gasteiger charge is -2.19. The Hall–Kier alpha value is -5.27. The van der Waals surface area contributed by atoms with Crippen molar-refractivity contribution in [1.82, 2.24) is 14.9 Å². The van der Waals surface area contributed by atoms with E-state index in [2.05, 4.69) is 10.3 Å². The Morgan fingerprint density at radius 1 is 0.918 bits per heavy atom. The number of carbonyl (C=O) groups is 2. The van der Waals surface area contributed by atoms with Crippen molar-refractivity contribution < 1.29 is 27.5 Å². The maximum absolute atomic E-state index is 13.2. The van der Waals surface area contributed by atoms with Crippen LogP contribution in [0.3, 0.4) is 0 Å². The van der Waals surface area contributed by atoms with Gasteiger partial charge in [0.25, 0.3) is 5.91 Å². The smallest absolute Gasteiger partial charge is 0.416 e. The summed E-state index contributed by atoms with van der Waals surface area (Å²) in [6.07, 6.45) is -3.83. The fraction of sp³-hybridized carbons (Fsp3) is 0.176. The zero-order valence-corrected chi connectivity index (χ0v) is 27.2. The Labute approximate surface area is 288 Å². The van der Waals surface area contributed by atoms with Crippen molar-refractivity contribution in [3.63, 3.8) is 0 Å². The van der Waals surface area contributed by atoms with Crippen LogP contribution in [0.2, 0.25) is 10.0 Å². The number of carbonyl (C=O) groups excluding carboxylic acids is 2. The fourth-order valence-electron chi connectivity index (χ4n) is 5.21. The molecule has 49 heavy (non-hydrogen) atoms. The summed E-state index contributed by atoms with van der Waals surface area (Å²) >= 11 is 12.3. The highest BCUT2D eigenvalue weighted by Gasteiger charge is 2.30. The van der Waals surface area contributed by atoms with Crippen LogP contribution in [0.15, 0.2) is 89.9 Å². The average molecular weight is 713 g/mol. The van der Waals surface area contributed by atoms with E-state index >= 15 is 0 Å². The first-order chi connectivity index (χ1) is 23.3. The van der Waals surface area contributed by atoms with Gasteiger partial charge in [0, 0.05) is 34.3 Å². The van der Waals surface area contributed by atoms with Gasteiger partial charge in [-0.15, -0.1) is 0 Å². The number of hydrogen-bond donors (Lipinski definition) is 4. The zero-order chi connectivity index (χ0) is 35.3. The summed E-state index contributed by atoms with van der Waals surface area (Å²) in [5.41, 5.74) is 17.9. The van der Waals surface area contributed by atoms with E-state index in [1.54, 1.807) is 53.1 Å². The minimum absolute atomic E-state index is 0.0823. The van der Waals surface area contributed by atoms with Gasteiger partial charge in [-0.2, -0.15) is 13.2 Å². The summed E-state index contributed by atoms with van der Waals surface area (Å²) in [5.74, 6) is -0.0622. The Balaban J connectivity index is 1.51. The maximum Gasteiger partial charge on any atom is 0.416 e. The number of primary amides is 1. The molecule has 0 fully saturated rings. The van der Waals surface area contributed by atoms with Crippen molar-refractivity contribution in [2.45, 2.75) is 31.6 Å². The average Bonchev–Trinajstić information content (AvgIpc) is 3.41. The fourth-order valence-corrected chi connectivity index (χ4v) is 5.72. The van der Waals surface area contributed by atoms with Gasteiger partial charge in [-0.25, -0.2) is 4.98 Å². The van der Waals surface area contributed by atoms with Gasteiger partial charge in [-0.3, -0.25) is 14.6 Å². The normalized spacial score (nSPS) is 12.0. The van der Waals surface area contributed by atoms with E-state index in [0.717, 1.165) is 12.1 Å². The van der Waals surface area contributed by atoms with Crippen molar-refractivity contribution in [2.75, 3.05) is 6.54 Å². The Morgan fingerprint density at radius 2 is 1.65 bits per heavy atom. The van der Waals surface area contributed by atoms with Crippen molar-refractivity contribution in [1.29, 1.82) is 0 Å². The highest BCUT2D eigenvalue weighted by atomic mass is 35.5. The van der Waals surface area contributed by atoms with Gasteiger partial charge in [0.05, 0.1) is 16.6 Å². The number of hydrogen-bond acceptors (Lipinski definition) is 5. The van der Waals surface area contributed by atoms with E-state index in [9.17, 15) is 22.8 Å². The monoisotopic (exact) mass is 711 g/mol. The quantitative estimate of drug-likeness (QED) is 0.0630. The number of benzene rings is 4. The minimum Gasteiger partial charge on any atom is -0.457 e. The van der Waals surface area contributed by atoms with Crippen LogP contribution in [-0.4, -0.2) is 33.9 Å². The summed E-state index contributed by atoms with van der Waals surface area (Å²) in [5, 5.41) is 3.43. The lowest BCUT2D eigenvalue weighted by Crippen LogP contribution is -2.27. The SMILES string of the molecule is NC(=O)[C@@H](CCCN=C(N)N)n1c(-c2cccc(Oc3cc(Cl)cc(Cl)c3)c2)nc2cc(C(=O)NCc3cccc(C(F)(F)F)c3)ccc21. The largest absolute Gasteiger partial charge is 0.457 e. The van der Waals surface area contributed by atoms with Crippen LogP contribution < -0.4 is 27.3 Å². The van der Waals surface area contributed by atoms with Crippen molar-refractivity contribution >= 4 is 52.0 Å². The molecular weight excluding hydrogens is 682 g/mol. The standard InChI is InChI=1S/C34H30Cl2F3N7O3/c35-23-15-24(36)17-26(16-23)49-25-7-2-5-20(13-25)31-45-27-14-21(32(48)44-18-19-4-1-6-22(12-19)34(37,38)39)9-10-28(27)46(31)29(30(40)47)8-3-11-43-33(41)42/h1-2,4-7,9-10,12-17,29H,3,8,11,18H2,(H2,40,47)(H,44,48)(H4,41,42,43)/t29-/m1/s1. The van der Waals surface area contributed by atoms with Gasteiger partial charge in [0.15, 0.2) is 5.96 Å². The van der Waals surface area contributed by atoms with Gasteiger partial charge in [0.2, 0.25) is 5.91 Å². The number of rotatable bonds is 12. The lowest BCUT2D eigenvalue weighted by molar-refractivity contribution is -0.137. The molecule has 10 nitrogen and oxygen atoms in total. The molecule has 254 valence electrons. The second kappa shape index (κ2) is 14.9. The van der Waals surface area contributed by atoms with Crippen molar-refractivity contribution in [3.05, 3.63) is 112 Å². The van der Waals surface area contributed by atoms with E-state index in [1.165, 1.54) is 24.3 Å². The number of amides is 2. The number of nitrogens with one attached hydrogen (secondary N) is 1. The zero-order valence-electron chi connectivity index (χ0n) is 25.7. The molecule has 0 saturated carbocycles. The molecule has 0 aliphatic heterocycles. The molecule has 4 aromatic carbocycles. The maximum atomic E-state index is 13.2. The molecule has 1 heterocycles. The third-order valence-electron chi connectivity index (χ3n) is 7.39. The summed E-state index contributed by atoms with van der Waals surface area (Å²) in [7, 11) is 0. The number of halogens is 5. The van der Waals surface area contributed by atoms with Crippen LogP contribution in [0.1, 0.15) is 40.4 Å². The van der Waals surface area contributed by atoms with Gasteiger partial charge >= 0.3 is 6.18 Å². The summed E-state index contributed by atoms with van der Waals surface area (Å²) < 4.78 is 47.2. The first-order valence-corrected chi connectivity index (χ1v) is 15.6. The van der Waals surface area contributed by atoms with Crippen LogP contribution in [-0.2, 0) is 17.5 Å². The first-order valence-electron chi connectivity index (χ1n) is 14.8. The molecule has 0 aliphatic carbocycles. The predicted octanol–water partition coefficient (Wildman–Crippen LogP) is 6.83. The van der Waals surface area contributed by atoms with Crippen LogP contribution in [0, 0.1) is 0 Å². The highest BCUT2D eigenvalue weighted by Crippen LogP contribution is 2.35. The third kappa shape index (κ3) is 8.80. The molecule has 0 radical (unpaired) electrons. The van der Waals surface area contributed by atoms with E-state index in [1.807, 2.05) is 0 Å². The van der Waals surface area contributed by atoms with Gasteiger partial charge in [0.1, 0.15) is 23.4 Å². The molecule has 0 unspecified atom stereocenters. The van der Waals surface area contributed by atoms with Gasteiger partial charge in [-0.1, -0.05) is 47.5 Å². The summed E-state index contributed by atoms with van der Waals surface area (Å²) in [6, 6.07) is 20.3. The highest BCUT2D eigenvalue weighted by molar-refractivity contribution is 6.34. The number of nitrogens with two attached hydrogens (primary N) is 3. The molecule has 0 bridgehead atoms. The van der Waals surface area contributed by atoms with E-state index < -0.39 is 29.6 Å². The molecule has 0 saturated heterocycles. The van der Waals surface area contributed by atoms with Crippen LogP contribution >= 0.6 is 23.2 Å². The number of aliphatic imine (C=N–C) groups is 1. The molecule has 2 amide bonds. The summed E-state index contributed by atoms with van der Waals surface area (Å²) in [4.78, 5) is 34.8. The molecule has 15 heteroatoms. The molecule has 5 rings (SSSR count). The Morgan fingerprint density at radius 3 is 2.35 bits per heavy atom. The number of imidazole rings is 1. The molecule has 5 aromatic rings. The van der Waals surface area contributed by atoms with Gasteiger partial charge < -0.3 is 31.8 Å². The van der Waals surface area contributed by atoms with Crippen LogP contribution in [0.25, 0.3) is 22.4 Å². The number of guanidine groups is 1. The number of ether oxygens (including phenoxy) is 1. The van der Waals surface area contributed by atoms with Crippen molar-refractivity contribution in [3.8, 4) is 22.9 Å². The molecule has 0 aliphatic rings. The molecule has 0 spiro atoms. The lowest BCUT2D eigenvalue weighted by atomic mass is 10.1. The number of alkyl halides is 3. The number of fused-ring (bicyclic) bond motifs is 1. The van der Waals surface area contributed by atoms with E-state index in [-0.39, 0.29) is 36.6 Å². The topological polar surface area (TPSA) is 164 Å². The number of aromatic nitrogens is 2. The summed E-state index contributed by atoms with van der Waals surface area (Å²) in [6.45, 7) is 0.125. The molecule has 1 atom stereocenters. The van der Waals surface area contributed by atoms with E-state index in [4.69, 9.17) is 50.1 Å². The van der Waals surface area contributed by atoms with Gasteiger partial charge in [-0.05, 0) is 79.1 Å². The molecular formula is C34H30Cl2F3N7O3. The molecule has 1 aromatic heterocycles. The minimum atomic E-state index is -4.51. The first kappa shape index (κ1) is 35.0. The Kier molecular flexibility index (Phi) is 10.6. The van der Waals surface area contributed by atoms with Crippen molar-refractivity contribution in [2.24, 2.45) is 22.2 Å².